The van der Waals surface area contributed by atoms with Crippen LogP contribution >= 0.6 is 0 Å². The summed E-state index contributed by atoms with van der Waals surface area (Å²) < 4.78 is 20.8. The van der Waals surface area contributed by atoms with Crippen LogP contribution in [-0.4, -0.2) is 38.7 Å². The van der Waals surface area contributed by atoms with Gasteiger partial charge in [0.2, 0.25) is 0 Å². The third-order valence-electron chi connectivity index (χ3n) is 3.39. The van der Waals surface area contributed by atoms with Gasteiger partial charge in [0.05, 0.1) is 23.8 Å². The quantitative estimate of drug-likeness (QED) is 0.736. The van der Waals surface area contributed by atoms with Crippen LogP contribution in [0.2, 0.25) is 0 Å². The van der Waals surface area contributed by atoms with Crippen molar-refractivity contribution in [1.29, 1.82) is 0 Å². The number of aromatic nitrogens is 2. The maximum atomic E-state index is 14.0. The molecule has 1 aromatic carbocycles. The van der Waals surface area contributed by atoms with Crippen molar-refractivity contribution in [2.45, 2.75) is 31.7 Å². The van der Waals surface area contributed by atoms with Crippen LogP contribution in [0.3, 0.4) is 0 Å². The molecule has 0 spiro atoms. The minimum absolute atomic E-state index is 0.0262. The monoisotopic (exact) mass is 281 g/mol. The number of benzene rings is 1. The number of hydrogen-bond acceptors (Lipinski definition) is 5. The second-order valence-electron chi connectivity index (χ2n) is 5.17. The number of nitrogens with zero attached hydrogens (tertiary/aromatic N) is 2. The van der Waals surface area contributed by atoms with Gasteiger partial charge in [-0.2, -0.15) is 5.10 Å². The zero-order chi connectivity index (χ0) is 14.4. The average molecular weight is 281 g/mol. The van der Waals surface area contributed by atoms with E-state index in [1.807, 2.05) is 6.92 Å². The summed E-state index contributed by atoms with van der Waals surface area (Å²) >= 11 is 0. The molecule has 2 aromatic rings. The number of hydrogen-bond donors (Lipinski definition) is 3. The molecule has 6 nitrogen and oxygen atoms in total. The van der Waals surface area contributed by atoms with Crippen molar-refractivity contribution in [3.05, 3.63) is 23.6 Å². The van der Waals surface area contributed by atoms with Crippen LogP contribution in [-0.2, 0) is 6.54 Å². The molecule has 0 radical (unpaired) electrons. The van der Waals surface area contributed by atoms with Gasteiger partial charge in [-0.05, 0) is 13.0 Å². The number of rotatable bonds is 2. The van der Waals surface area contributed by atoms with Crippen molar-refractivity contribution in [3.63, 3.8) is 0 Å². The molecular weight excluding hydrogens is 265 g/mol. The Hall–Kier alpha value is -1.70. The third kappa shape index (κ3) is 1.94. The fourth-order valence-corrected chi connectivity index (χ4v) is 2.52. The number of nitrogens with two attached hydrogens (primary N) is 1. The number of halogens is 1. The van der Waals surface area contributed by atoms with Crippen LogP contribution in [0.1, 0.15) is 18.6 Å². The van der Waals surface area contributed by atoms with E-state index in [1.54, 1.807) is 4.68 Å². The van der Waals surface area contributed by atoms with Crippen LogP contribution in [0, 0.1) is 5.82 Å². The molecule has 7 heteroatoms. The van der Waals surface area contributed by atoms with E-state index in [0.717, 1.165) is 0 Å². The van der Waals surface area contributed by atoms with E-state index in [0.29, 0.717) is 17.4 Å². The molecule has 20 heavy (non-hydrogen) atoms. The van der Waals surface area contributed by atoms with Crippen LogP contribution in [0.25, 0.3) is 10.9 Å². The molecule has 0 fully saturated rings. The maximum absolute atomic E-state index is 14.0. The van der Waals surface area contributed by atoms with Gasteiger partial charge in [-0.3, -0.25) is 4.68 Å². The molecule has 108 valence electrons. The summed E-state index contributed by atoms with van der Waals surface area (Å²) in [6.07, 6.45) is -0.791. The van der Waals surface area contributed by atoms with Crippen molar-refractivity contribution in [3.8, 4) is 5.75 Å². The number of fused-ring (bicyclic) bond motifs is 3. The molecule has 2 unspecified atom stereocenters. The predicted octanol–water partition coefficient (Wildman–Crippen LogP) is 0.309. The molecule has 0 bridgehead atoms. The zero-order valence-electron chi connectivity index (χ0n) is 11.0. The highest BCUT2D eigenvalue weighted by Crippen LogP contribution is 2.39. The summed E-state index contributed by atoms with van der Waals surface area (Å²) in [4.78, 5) is 0. The Bertz CT molecular complexity index is 656. The fraction of sp³-hybridized carbons (Fsp3) is 0.462. The Morgan fingerprint density at radius 3 is 3.05 bits per heavy atom. The van der Waals surface area contributed by atoms with Crippen LogP contribution < -0.4 is 10.5 Å². The van der Waals surface area contributed by atoms with Crippen molar-refractivity contribution in [1.82, 2.24) is 9.78 Å². The van der Waals surface area contributed by atoms with Crippen molar-refractivity contribution >= 4 is 10.9 Å². The lowest BCUT2D eigenvalue weighted by atomic mass is 9.98. The summed E-state index contributed by atoms with van der Waals surface area (Å²) in [6, 6.07) is 1.16. The largest absolute Gasteiger partial charge is 0.487 e. The lowest BCUT2D eigenvalue weighted by Gasteiger charge is -2.28. The highest BCUT2D eigenvalue weighted by Gasteiger charge is 2.33. The highest BCUT2D eigenvalue weighted by atomic mass is 19.1. The molecule has 2 heterocycles. The van der Waals surface area contributed by atoms with Gasteiger partial charge >= 0.3 is 0 Å². The number of ether oxygens (including phenoxy) is 1. The van der Waals surface area contributed by atoms with Gasteiger partial charge in [0.15, 0.2) is 11.6 Å². The number of aliphatic hydroxyl groups is 2. The lowest BCUT2D eigenvalue weighted by Crippen LogP contribution is -2.32. The van der Waals surface area contributed by atoms with Crippen LogP contribution in [0.5, 0.6) is 5.75 Å². The molecule has 4 N–H and O–H groups in total. The zero-order valence-corrected chi connectivity index (χ0v) is 11.0. The first-order chi connectivity index (χ1) is 9.49. The minimum atomic E-state index is -1.21. The normalized spacial score (nSPS) is 23.4. The van der Waals surface area contributed by atoms with Gasteiger partial charge in [-0.1, -0.05) is 0 Å². The van der Waals surface area contributed by atoms with Crippen molar-refractivity contribution in [2.24, 2.45) is 5.73 Å². The van der Waals surface area contributed by atoms with Crippen LogP contribution in [0.4, 0.5) is 4.39 Å². The van der Waals surface area contributed by atoms with Gasteiger partial charge in [0, 0.05) is 11.4 Å². The van der Waals surface area contributed by atoms with E-state index < -0.39 is 18.0 Å². The molecule has 1 aliphatic rings. The van der Waals surface area contributed by atoms with Gasteiger partial charge < -0.3 is 20.7 Å². The van der Waals surface area contributed by atoms with E-state index in [-0.39, 0.29) is 24.0 Å². The Labute approximate surface area is 114 Å². The third-order valence-corrected chi connectivity index (χ3v) is 3.39. The van der Waals surface area contributed by atoms with Gasteiger partial charge in [0.1, 0.15) is 18.8 Å². The second kappa shape index (κ2) is 4.69. The Balaban J connectivity index is 2.27. The lowest BCUT2D eigenvalue weighted by molar-refractivity contribution is -0.0262. The predicted molar refractivity (Wildman–Crippen MR) is 69.8 cm³/mol. The van der Waals surface area contributed by atoms with Gasteiger partial charge in [-0.25, -0.2) is 4.39 Å². The molecule has 3 rings (SSSR count). The summed E-state index contributed by atoms with van der Waals surface area (Å²) in [5.74, 6) is -0.597. The Morgan fingerprint density at radius 2 is 2.35 bits per heavy atom. The van der Waals surface area contributed by atoms with E-state index in [1.165, 1.54) is 12.3 Å². The highest BCUT2D eigenvalue weighted by molar-refractivity contribution is 5.85. The molecule has 0 aliphatic carbocycles. The van der Waals surface area contributed by atoms with Gasteiger partial charge in [-0.15, -0.1) is 0 Å². The van der Waals surface area contributed by atoms with E-state index in [2.05, 4.69) is 5.10 Å². The fourth-order valence-electron chi connectivity index (χ4n) is 2.52. The van der Waals surface area contributed by atoms with E-state index in [9.17, 15) is 14.6 Å². The first-order valence-corrected chi connectivity index (χ1v) is 6.41. The molecule has 0 saturated carbocycles. The minimum Gasteiger partial charge on any atom is -0.487 e. The first-order valence-electron chi connectivity index (χ1n) is 6.41. The molecule has 1 aliphatic heterocycles. The Morgan fingerprint density at radius 1 is 1.60 bits per heavy atom. The molecule has 1 aromatic heterocycles. The number of aliphatic hydroxyl groups excluding tert-OH is 2. The summed E-state index contributed by atoms with van der Waals surface area (Å²) in [5, 5.41) is 24.6. The summed E-state index contributed by atoms with van der Waals surface area (Å²) in [7, 11) is 0. The van der Waals surface area contributed by atoms with Crippen molar-refractivity contribution < 1.29 is 19.3 Å². The van der Waals surface area contributed by atoms with E-state index >= 15 is 0 Å². The van der Waals surface area contributed by atoms with Crippen molar-refractivity contribution in [2.75, 3.05) is 6.61 Å². The SMILES string of the molecule is C[C@H](N)Cn1ncc2cc(F)c3c(c21)C(O)C(O)CO3. The average Bonchev–Trinajstić information content (AvgIpc) is 2.75. The maximum Gasteiger partial charge on any atom is 0.166 e. The van der Waals surface area contributed by atoms with Crippen LogP contribution in [0.15, 0.2) is 12.3 Å². The molecule has 3 atom stereocenters. The second-order valence-corrected chi connectivity index (χ2v) is 5.17. The molecule has 0 amide bonds. The summed E-state index contributed by atoms with van der Waals surface area (Å²) in [5.41, 5.74) is 6.54. The molecular formula is C13H16FN3O3. The molecule has 0 saturated heterocycles. The summed E-state index contributed by atoms with van der Waals surface area (Å²) in [6.45, 7) is 2.10. The topological polar surface area (TPSA) is 93.5 Å². The Kier molecular flexibility index (Phi) is 3.12. The smallest absolute Gasteiger partial charge is 0.166 e. The standard InChI is InChI=1S/C13H16FN3O3/c1-6(15)4-17-11-7(3-16-17)2-8(14)13-10(11)12(19)9(18)5-20-13/h2-3,6,9,12,18-19H,4-5,15H2,1H3/t6-,9?,12?/m0/s1. The first kappa shape index (κ1) is 13.3. The van der Waals surface area contributed by atoms with E-state index in [4.69, 9.17) is 10.5 Å². The van der Waals surface area contributed by atoms with Gasteiger partial charge in [0.25, 0.3) is 0 Å².